The van der Waals surface area contributed by atoms with Crippen LogP contribution in [0.3, 0.4) is 0 Å². The van der Waals surface area contributed by atoms with Crippen molar-refractivity contribution < 1.29 is 8.81 Å². The van der Waals surface area contributed by atoms with Gasteiger partial charge in [-0.1, -0.05) is 46.3 Å². The predicted octanol–water partition coefficient (Wildman–Crippen LogP) is 5.91. The molecule has 0 aliphatic heterocycles. The monoisotopic (exact) mass is 367 g/mol. The summed E-state index contributed by atoms with van der Waals surface area (Å²) in [5.41, 5.74) is 1.40. The Morgan fingerprint density at radius 1 is 1.09 bits per heavy atom. The molecule has 0 aliphatic carbocycles. The van der Waals surface area contributed by atoms with Gasteiger partial charge in [0.1, 0.15) is 17.3 Å². The molecule has 0 radical (unpaired) electrons. The summed E-state index contributed by atoms with van der Waals surface area (Å²) in [4.78, 5) is 0. The molecule has 3 rings (SSSR count). The van der Waals surface area contributed by atoms with Gasteiger partial charge in [0, 0.05) is 15.6 Å². The summed E-state index contributed by atoms with van der Waals surface area (Å²) in [7, 11) is 0. The van der Waals surface area contributed by atoms with Crippen LogP contribution in [0.25, 0.3) is 23.0 Å². The molecule has 2 nitrogen and oxygen atoms in total. The molecule has 0 bridgehead atoms. The molecule has 112 valence electrons. The van der Waals surface area contributed by atoms with E-state index in [4.69, 9.17) is 4.42 Å². The Bertz CT molecular complexity index is 921. The number of rotatable bonds is 3. The van der Waals surface area contributed by atoms with Crippen LogP contribution in [0.5, 0.6) is 0 Å². The highest BCUT2D eigenvalue weighted by Gasteiger charge is 2.09. The number of nitrogens with zero attached hydrogens (tertiary/aromatic N) is 1. The van der Waals surface area contributed by atoms with Gasteiger partial charge in [-0.2, -0.15) is 5.26 Å². The Hall–Kier alpha value is -2.64. The molecule has 3 aromatic rings. The van der Waals surface area contributed by atoms with Crippen molar-refractivity contribution in [1.82, 2.24) is 0 Å². The Labute approximate surface area is 141 Å². The molecule has 1 heterocycles. The summed E-state index contributed by atoms with van der Waals surface area (Å²) < 4.78 is 20.5. The molecule has 0 saturated heterocycles. The second kappa shape index (κ2) is 6.64. The fraction of sp³-hybridized carbons (Fsp3) is 0. The van der Waals surface area contributed by atoms with Crippen molar-refractivity contribution in [2.24, 2.45) is 0 Å². The van der Waals surface area contributed by atoms with Crippen LogP contribution >= 0.6 is 15.9 Å². The van der Waals surface area contributed by atoms with Crippen LogP contribution in [0.2, 0.25) is 0 Å². The first-order valence-corrected chi connectivity index (χ1v) is 7.69. The third kappa shape index (κ3) is 3.41. The van der Waals surface area contributed by atoms with Crippen molar-refractivity contribution >= 4 is 27.6 Å². The van der Waals surface area contributed by atoms with E-state index < -0.39 is 5.82 Å². The Balaban J connectivity index is 1.97. The number of hydrogen-bond donors (Lipinski definition) is 0. The molecule has 0 unspecified atom stereocenters. The molecule has 0 aliphatic rings. The number of benzene rings is 2. The molecule has 0 atom stereocenters. The lowest BCUT2D eigenvalue weighted by molar-refractivity contribution is 0.572. The lowest BCUT2D eigenvalue weighted by Gasteiger charge is -2.00. The summed E-state index contributed by atoms with van der Waals surface area (Å²) in [6, 6.07) is 19.5. The zero-order valence-electron chi connectivity index (χ0n) is 12.0. The molecule has 1 aromatic heterocycles. The van der Waals surface area contributed by atoms with Crippen LogP contribution < -0.4 is 0 Å². The van der Waals surface area contributed by atoms with E-state index in [1.807, 2.05) is 36.4 Å². The molecule has 0 spiro atoms. The van der Waals surface area contributed by atoms with Crippen LogP contribution in [0.1, 0.15) is 11.3 Å². The third-order valence-corrected chi connectivity index (χ3v) is 3.80. The maximum Gasteiger partial charge on any atom is 0.134 e. The lowest BCUT2D eigenvalue weighted by Crippen LogP contribution is -1.86. The predicted molar refractivity (Wildman–Crippen MR) is 91.7 cm³/mol. The molecule has 0 saturated carbocycles. The van der Waals surface area contributed by atoms with Crippen molar-refractivity contribution in [2.45, 2.75) is 0 Å². The molecule has 23 heavy (non-hydrogen) atoms. The quantitative estimate of drug-likeness (QED) is 0.539. The van der Waals surface area contributed by atoms with Crippen LogP contribution in [-0.2, 0) is 0 Å². The number of allylic oxidation sites excluding steroid dienone is 1. The highest BCUT2D eigenvalue weighted by molar-refractivity contribution is 9.10. The van der Waals surface area contributed by atoms with Gasteiger partial charge < -0.3 is 4.42 Å². The van der Waals surface area contributed by atoms with Gasteiger partial charge >= 0.3 is 0 Å². The van der Waals surface area contributed by atoms with E-state index in [2.05, 4.69) is 15.9 Å². The second-order valence-corrected chi connectivity index (χ2v) is 5.78. The summed E-state index contributed by atoms with van der Waals surface area (Å²) >= 11 is 3.42. The van der Waals surface area contributed by atoms with Gasteiger partial charge in [0.15, 0.2) is 0 Å². The fourth-order valence-corrected chi connectivity index (χ4v) is 2.62. The minimum absolute atomic E-state index is 0.221. The first-order valence-electron chi connectivity index (χ1n) is 6.90. The zero-order valence-corrected chi connectivity index (χ0v) is 13.5. The van der Waals surface area contributed by atoms with Crippen LogP contribution in [0, 0.1) is 17.1 Å². The molecule has 0 amide bonds. The molecular formula is C19H11BrFNO. The van der Waals surface area contributed by atoms with E-state index in [0.29, 0.717) is 11.5 Å². The molecule has 4 heteroatoms. The second-order valence-electron chi connectivity index (χ2n) is 4.86. The largest absolute Gasteiger partial charge is 0.457 e. The minimum atomic E-state index is -0.431. The summed E-state index contributed by atoms with van der Waals surface area (Å²) in [5.74, 6) is 0.752. The highest BCUT2D eigenvalue weighted by Crippen LogP contribution is 2.27. The molecule has 0 fully saturated rings. The topological polar surface area (TPSA) is 36.9 Å². The van der Waals surface area contributed by atoms with Gasteiger partial charge in [-0.3, -0.25) is 0 Å². The van der Waals surface area contributed by atoms with Gasteiger partial charge in [0.25, 0.3) is 0 Å². The van der Waals surface area contributed by atoms with Crippen molar-refractivity contribution in [3.8, 4) is 17.4 Å². The first-order chi connectivity index (χ1) is 11.2. The molecular weight excluding hydrogens is 357 g/mol. The first kappa shape index (κ1) is 15.3. The van der Waals surface area contributed by atoms with Crippen molar-refractivity contribution in [3.05, 3.63) is 82.3 Å². The van der Waals surface area contributed by atoms with Crippen molar-refractivity contribution in [3.63, 3.8) is 0 Å². The summed E-state index contributed by atoms with van der Waals surface area (Å²) in [6.07, 6.45) is 1.54. The normalized spacial score (nSPS) is 11.3. The van der Waals surface area contributed by atoms with Crippen molar-refractivity contribution in [2.75, 3.05) is 0 Å². The average Bonchev–Trinajstić information content (AvgIpc) is 3.02. The van der Waals surface area contributed by atoms with E-state index >= 15 is 0 Å². The molecule has 0 N–H and O–H groups in total. The van der Waals surface area contributed by atoms with E-state index in [9.17, 15) is 9.65 Å². The van der Waals surface area contributed by atoms with Crippen LogP contribution in [0.4, 0.5) is 4.39 Å². The van der Waals surface area contributed by atoms with E-state index in [1.165, 1.54) is 6.07 Å². The van der Waals surface area contributed by atoms with Crippen molar-refractivity contribution in [1.29, 1.82) is 5.26 Å². The summed E-state index contributed by atoms with van der Waals surface area (Å²) in [5, 5.41) is 9.29. The van der Waals surface area contributed by atoms with Gasteiger partial charge in [-0.15, -0.1) is 0 Å². The Morgan fingerprint density at radius 3 is 2.65 bits per heavy atom. The Kier molecular flexibility index (Phi) is 4.40. The zero-order chi connectivity index (χ0) is 16.2. The van der Waals surface area contributed by atoms with Crippen LogP contribution in [0.15, 0.2) is 69.6 Å². The van der Waals surface area contributed by atoms with Gasteiger partial charge in [0.05, 0.1) is 11.6 Å². The number of furan rings is 1. The van der Waals surface area contributed by atoms with Gasteiger partial charge in [0.2, 0.25) is 0 Å². The standard InChI is InChI=1S/C19H11BrFNO/c20-15-5-3-4-13(10-15)19-9-8-16(23-19)11-14(12-22)17-6-1-2-7-18(17)21/h1-11H. The van der Waals surface area contributed by atoms with Crippen LogP contribution in [-0.4, -0.2) is 0 Å². The SMILES string of the molecule is N#CC(=Cc1ccc(-c2cccc(Br)c2)o1)c1ccccc1F. The van der Waals surface area contributed by atoms with E-state index in [0.717, 1.165) is 10.0 Å². The maximum absolute atomic E-state index is 13.8. The number of halogens is 2. The fourth-order valence-electron chi connectivity index (χ4n) is 2.22. The molecule has 2 aromatic carbocycles. The minimum Gasteiger partial charge on any atom is -0.457 e. The highest BCUT2D eigenvalue weighted by atomic mass is 79.9. The number of hydrogen-bond acceptors (Lipinski definition) is 2. The Morgan fingerprint density at radius 2 is 1.91 bits per heavy atom. The lowest BCUT2D eigenvalue weighted by atomic mass is 10.1. The van der Waals surface area contributed by atoms with E-state index in [1.54, 1.807) is 30.3 Å². The smallest absolute Gasteiger partial charge is 0.134 e. The summed E-state index contributed by atoms with van der Waals surface area (Å²) in [6.45, 7) is 0. The van der Waals surface area contributed by atoms with Gasteiger partial charge in [-0.05, 0) is 36.4 Å². The number of nitriles is 1. The van der Waals surface area contributed by atoms with E-state index in [-0.39, 0.29) is 11.1 Å². The third-order valence-electron chi connectivity index (χ3n) is 3.31. The van der Waals surface area contributed by atoms with Gasteiger partial charge in [-0.25, -0.2) is 4.39 Å². The maximum atomic E-state index is 13.8. The average molecular weight is 368 g/mol.